The highest BCUT2D eigenvalue weighted by Gasteiger charge is 2.11. The molecule has 2 aromatic rings. The van der Waals surface area contributed by atoms with Crippen LogP contribution in [0.15, 0.2) is 40.9 Å². The van der Waals surface area contributed by atoms with Crippen LogP contribution in [0.3, 0.4) is 0 Å². The molecule has 5 heteroatoms. The summed E-state index contributed by atoms with van der Waals surface area (Å²) < 4.78 is 27.2. The molecule has 0 heterocycles. The number of hydrogen-bond acceptors (Lipinski definition) is 1. The van der Waals surface area contributed by atoms with Crippen LogP contribution in [0, 0.1) is 11.6 Å². The summed E-state index contributed by atoms with van der Waals surface area (Å²) in [6.45, 7) is 1.86. The van der Waals surface area contributed by atoms with Gasteiger partial charge in [0.2, 0.25) is 0 Å². The van der Waals surface area contributed by atoms with Crippen LogP contribution < -0.4 is 5.32 Å². The number of halogens is 4. The van der Waals surface area contributed by atoms with Crippen LogP contribution in [0.2, 0.25) is 5.02 Å². The lowest BCUT2D eigenvalue weighted by atomic mass is 10.1. The second-order valence-corrected chi connectivity index (χ2v) is 5.45. The first kappa shape index (κ1) is 14.3. The van der Waals surface area contributed by atoms with E-state index in [-0.39, 0.29) is 16.2 Å². The Hall–Kier alpha value is -1.13. The van der Waals surface area contributed by atoms with Gasteiger partial charge in [0.25, 0.3) is 0 Å². The molecule has 0 fully saturated rings. The Kier molecular flexibility index (Phi) is 4.42. The first-order valence-electron chi connectivity index (χ1n) is 5.64. The Balaban J connectivity index is 2.21. The van der Waals surface area contributed by atoms with Crippen molar-refractivity contribution in [2.75, 3.05) is 5.32 Å². The lowest BCUT2D eigenvalue weighted by Gasteiger charge is -2.16. The number of hydrogen-bond donors (Lipinski definition) is 1. The van der Waals surface area contributed by atoms with Crippen molar-refractivity contribution in [1.82, 2.24) is 0 Å². The van der Waals surface area contributed by atoms with Gasteiger partial charge in [-0.2, -0.15) is 0 Å². The van der Waals surface area contributed by atoms with E-state index in [1.165, 1.54) is 0 Å². The van der Waals surface area contributed by atoms with Crippen molar-refractivity contribution in [2.45, 2.75) is 13.0 Å². The molecule has 1 nitrogen and oxygen atoms in total. The zero-order valence-corrected chi connectivity index (χ0v) is 12.4. The normalized spacial score (nSPS) is 12.3. The SMILES string of the molecule is CC(Nc1cc(F)c(Br)cc1F)c1ccc(Cl)cc1. The molecule has 0 spiro atoms. The zero-order valence-electron chi connectivity index (χ0n) is 10.1. The third-order valence-electron chi connectivity index (χ3n) is 2.75. The number of nitrogens with one attached hydrogen (secondary N) is 1. The van der Waals surface area contributed by atoms with E-state index in [1.54, 1.807) is 12.1 Å². The van der Waals surface area contributed by atoms with E-state index in [2.05, 4.69) is 21.2 Å². The molecule has 0 saturated heterocycles. The minimum absolute atomic E-state index is 0.106. The average molecular weight is 347 g/mol. The van der Waals surface area contributed by atoms with Gasteiger partial charge in [0.1, 0.15) is 11.6 Å². The van der Waals surface area contributed by atoms with Gasteiger partial charge in [0.15, 0.2) is 0 Å². The molecule has 0 bridgehead atoms. The number of rotatable bonds is 3. The summed E-state index contributed by atoms with van der Waals surface area (Å²) in [6.07, 6.45) is 0. The van der Waals surface area contributed by atoms with Gasteiger partial charge in [0.05, 0.1) is 10.2 Å². The fourth-order valence-corrected chi connectivity index (χ4v) is 2.14. The standard InChI is InChI=1S/C14H11BrClF2N/c1-8(9-2-4-10(16)5-3-9)19-14-7-12(17)11(15)6-13(14)18/h2-8,19H,1H3. The molecule has 0 saturated carbocycles. The predicted octanol–water partition coefficient (Wildman–Crippen LogP) is 5.55. The van der Waals surface area contributed by atoms with E-state index < -0.39 is 11.6 Å². The molecule has 1 atom stereocenters. The first-order valence-corrected chi connectivity index (χ1v) is 6.81. The highest BCUT2D eigenvalue weighted by Crippen LogP contribution is 2.27. The summed E-state index contributed by atoms with van der Waals surface area (Å²) in [4.78, 5) is 0. The zero-order chi connectivity index (χ0) is 14.0. The molecule has 0 aliphatic rings. The first-order chi connectivity index (χ1) is 8.97. The Bertz CT molecular complexity index is 587. The summed E-state index contributed by atoms with van der Waals surface area (Å²) in [5, 5.41) is 3.57. The molecule has 2 rings (SSSR count). The molecule has 0 aliphatic carbocycles. The van der Waals surface area contributed by atoms with Crippen molar-refractivity contribution >= 4 is 33.2 Å². The third kappa shape index (κ3) is 3.45. The summed E-state index contributed by atoms with van der Waals surface area (Å²) in [6, 6.07) is 9.27. The van der Waals surface area contributed by atoms with Crippen LogP contribution in [0.4, 0.5) is 14.5 Å². The Morgan fingerprint density at radius 1 is 1.11 bits per heavy atom. The van der Waals surface area contributed by atoms with Crippen LogP contribution >= 0.6 is 27.5 Å². The van der Waals surface area contributed by atoms with Crippen LogP contribution in [-0.2, 0) is 0 Å². The van der Waals surface area contributed by atoms with Crippen molar-refractivity contribution in [3.8, 4) is 0 Å². The van der Waals surface area contributed by atoms with E-state index in [0.29, 0.717) is 5.02 Å². The van der Waals surface area contributed by atoms with Gasteiger partial charge in [-0.05, 0) is 46.6 Å². The Labute approximate surface area is 123 Å². The van der Waals surface area contributed by atoms with Gasteiger partial charge in [-0.3, -0.25) is 0 Å². The fourth-order valence-electron chi connectivity index (χ4n) is 1.70. The van der Waals surface area contributed by atoms with Gasteiger partial charge < -0.3 is 5.32 Å². The van der Waals surface area contributed by atoms with Gasteiger partial charge in [-0.25, -0.2) is 8.78 Å². The second-order valence-electron chi connectivity index (χ2n) is 4.16. The lowest BCUT2D eigenvalue weighted by Crippen LogP contribution is -2.08. The highest BCUT2D eigenvalue weighted by atomic mass is 79.9. The lowest BCUT2D eigenvalue weighted by molar-refractivity contribution is 0.595. The topological polar surface area (TPSA) is 12.0 Å². The van der Waals surface area contributed by atoms with Gasteiger partial charge >= 0.3 is 0 Å². The minimum Gasteiger partial charge on any atom is -0.376 e. The van der Waals surface area contributed by atoms with E-state index in [1.807, 2.05) is 19.1 Å². The Morgan fingerprint density at radius 3 is 2.37 bits per heavy atom. The fraction of sp³-hybridized carbons (Fsp3) is 0.143. The molecule has 2 aromatic carbocycles. The number of anilines is 1. The van der Waals surface area contributed by atoms with Crippen LogP contribution in [0.5, 0.6) is 0 Å². The predicted molar refractivity (Wildman–Crippen MR) is 77.5 cm³/mol. The molecule has 19 heavy (non-hydrogen) atoms. The van der Waals surface area contributed by atoms with Crippen LogP contribution in [-0.4, -0.2) is 0 Å². The molecule has 0 aliphatic heterocycles. The van der Waals surface area contributed by atoms with E-state index in [4.69, 9.17) is 11.6 Å². The molecule has 1 unspecified atom stereocenters. The van der Waals surface area contributed by atoms with E-state index in [0.717, 1.165) is 17.7 Å². The van der Waals surface area contributed by atoms with Gasteiger partial charge in [-0.15, -0.1) is 0 Å². The maximum atomic E-state index is 13.7. The molecule has 0 amide bonds. The van der Waals surface area contributed by atoms with Crippen LogP contribution in [0.25, 0.3) is 0 Å². The third-order valence-corrected chi connectivity index (χ3v) is 3.61. The molecular formula is C14H11BrClF2N. The molecule has 0 radical (unpaired) electrons. The van der Waals surface area contributed by atoms with Gasteiger partial charge in [0, 0.05) is 17.1 Å². The summed E-state index contributed by atoms with van der Waals surface area (Å²) in [5.41, 5.74) is 1.07. The monoisotopic (exact) mass is 345 g/mol. The molecular weight excluding hydrogens is 336 g/mol. The van der Waals surface area contributed by atoms with E-state index >= 15 is 0 Å². The summed E-state index contributed by atoms with van der Waals surface area (Å²) in [7, 11) is 0. The maximum Gasteiger partial charge on any atom is 0.147 e. The number of benzene rings is 2. The average Bonchev–Trinajstić information content (AvgIpc) is 2.36. The van der Waals surface area contributed by atoms with Gasteiger partial charge in [-0.1, -0.05) is 23.7 Å². The summed E-state index contributed by atoms with van der Waals surface area (Å²) >= 11 is 8.75. The van der Waals surface area contributed by atoms with Crippen molar-refractivity contribution < 1.29 is 8.78 Å². The Morgan fingerprint density at radius 2 is 1.74 bits per heavy atom. The smallest absolute Gasteiger partial charge is 0.147 e. The quantitative estimate of drug-likeness (QED) is 0.718. The van der Waals surface area contributed by atoms with E-state index in [9.17, 15) is 8.78 Å². The molecule has 100 valence electrons. The maximum absolute atomic E-state index is 13.7. The van der Waals surface area contributed by atoms with Crippen LogP contribution in [0.1, 0.15) is 18.5 Å². The van der Waals surface area contributed by atoms with Crippen molar-refractivity contribution in [3.63, 3.8) is 0 Å². The minimum atomic E-state index is -0.507. The molecule has 0 aromatic heterocycles. The molecule has 1 N–H and O–H groups in total. The van der Waals surface area contributed by atoms with Crippen molar-refractivity contribution in [1.29, 1.82) is 0 Å². The van der Waals surface area contributed by atoms with Crippen molar-refractivity contribution in [3.05, 3.63) is 63.1 Å². The van der Waals surface area contributed by atoms with Crippen molar-refractivity contribution in [2.24, 2.45) is 0 Å². The second kappa shape index (κ2) is 5.88. The highest BCUT2D eigenvalue weighted by molar-refractivity contribution is 9.10. The largest absolute Gasteiger partial charge is 0.376 e. The summed E-state index contributed by atoms with van der Waals surface area (Å²) in [5.74, 6) is -1.01.